The van der Waals surface area contributed by atoms with Gasteiger partial charge in [0.05, 0.1) is 8.47 Å². The molecular formula is C30H24N4S4. The van der Waals surface area contributed by atoms with Gasteiger partial charge in [-0.15, -0.1) is 0 Å². The molecule has 8 heteroatoms. The summed E-state index contributed by atoms with van der Waals surface area (Å²) < 4.78 is 1.86. The molecule has 0 saturated heterocycles. The summed E-state index contributed by atoms with van der Waals surface area (Å²) in [7, 11) is 0. The second-order valence-electron chi connectivity index (χ2n) is 7.84. The first kappa shape index (κ1) is 30.7. The molecule has 2 rings (SSSR count). The number of hydrogen-bond donors (Lipinski definition) is 0. The minimum atomic E-state index is 0.462. The lowest BCUT2D eigenvalue weighted by Crippen LogP contribution is -1.71. The molecule has 0 aromatic rings. The summed E-state index contributed by atoms with van der Waals surface area (Å²) in [4.78, 5) is 1.85. The van der Waals surface area contributed by atoms with E-state index in [1.54, 1.807) is 0 Å². The van der Waals surface area contributed by atoms with Gasteiger partial charge in [0.2, 0.25) is 0 Å². The van der Waals surface area contributed by atoms with Crippen LogP contribution in [0.2, 0.25) is 0 Å². The lowest BCUT2D eigenvalue weighted by atomic mass is 10.2. The van der Waals surface area contributed by atoms with Crippen molar-refractivity contribution in [2.45, 2.75) is 27.7 Å². The summed E-state index contributed by atoms with van der Waals surface area (Å²) in [6.07, 6.45) is 24.0. The molecule has 0 atom stereocenters. The monoisotopic (exact) mass is 568 g/mol. The van der Waals surface area contributed by atoms with Crippen LogP contribution in [0.5, 0.6) is 0 Å². The molecule has 2 aliphatic rings. The van der Waals surface area contributed by atoms with Crippen molar-refractivity contribution in [1.82, 2.24) is 0 Å². The third-order valence-corrected chi connectivity index (χ3v) is 9.12. The highest BCUT2D eigenvalue weighted by atomic mass is 32.2. The standard InChI is InChI=1S/C30H24N4S4/c1-21(11-7-13-23(3)15-29-35-25(17-31)26(18-32)36-29)9-5-6-10-22(2)12-8-14-24(4)16-30-37-27(19-33)28(20-34)38-30/h5-16H,1-4H3/b6-5+,11-7+,12-8+,21-9+,22-10+,23-13+,24-14+. The zero-order valence-corrected chi connectivity index (χ0v) is 24.6. The fourth-order valence-electron chi connectivity index (χ4n) is 2.74. The summed E-state index contributed by atoms with van der Waals surface area (Å²) in [5, 5.41) is 36.3. The highest BCUT2D eigenvalue weighted by Gasteiger charge is 2.21. The number of allylic oxidation sites excluding steroid dienone is 20. The molecule has 2 heterocycles. The molecule has 2 aliphatic heterocycles. The van der Waals surface area contributed by atoms with E-state index in [2.05, 4.69) is 24.3 Å². The summed E-state index contributed by atoms with van der Waals surface area (Å²) in [5.41, 5.74) is 4.29. The van der Waals surface area contributed by atoms with E-state index in [0.29, 0.717) is 19.6 Å². The van der Waals surface area contributed by atoms with E-state index >= 15 is 0 Å². The van der Waals surface area contributed by atoms with Crippen molar-refractivity contribution in [2.24, 2.45) is 0 Å². The number of thioether (sulfide) groups is 4. The quantitative estimate of drug-likeness (QED) is 0.267. The number of nitriles is 4. The van der Waals surface area contributed by atoms with Crippen LogP contribution in [0, 0.1) is 45.3 Å². The normalized spacial score (nSPS) is 17.5. The van der Waals surface area contributed by atoms with Gasteiger partial charge in [0.15, 0.2) is 0 Å². The third-order valence-electron chi connectivity index (χ3n) is 4.59. The molecular weight excluding hydrogens is 545 g/mol. The SMILES string of the molecule is C\C(C=C1SC(C#N)=C(C#N)S1)=C/C=C/C(C)=C/C=C/C=C(C)/C=C/C=C(\C)C=C1SC(C#N)=C(C#N)S1. The van der Waals surface area contributed by atoms with Crippen molar-refractivity contribution in [3.8, 4) is 24.3 Å². The summed E-state index contributed by atoms with van der Waals surface area (Å²) in [5.74, 6) is 0. The Labute approximate surface area is 242 Å². The maximum atomic E-state index is 9.08. The molecule has 0 bridgehead atoms. The Hall–Kier alpha value is -3.50. The van der Waals surface area contributed by atoms with Crippen LogP contribution in [-0.2, 0) is 0 Å². The fourth-order valence-corrected chi connectivity index (χ4v) is 7.09. The molecule has 0 aromatic heterocycles. The molecule has 0 amide bonds. The van der Waals surface area contributed by atoms with E-state index in [0.717, 1.165) is 30.8 Å². The summed E-state index contributed by atoms with van der Waals surface area (Å²) in [6.45, 7) is 8.03. The molecule has 0 aliphatic carbocycles. The van der Waals surface area contributed by atoms with Gasteiger partial charge in [-0.05, 0) is 51.0 Å². The average Bonchev–Trinajstić information content (AvgIpc) is 3.49. The smallest absolute Gasteiger partial charge is 0.115 e. The van der Waals surface area contributed by atoms with Gasteiger partial charge in [0, 0.05) is 0 Å². The van der Waals surface area contributed by atoms with Crippen LogP contribution in [0.25, 0.3) is 0 Å². The van der Waals surface area contributed by atoms with Crippen molar-refractivity contribution in [3.05, 3.63) is 123 Å². The molecule has 188 valence electrons. The summed E-state index contributed by atoms with van der Waals surface area (Å²) >= 11 is 5.35. The van der Waals surface area contributed by atoms with Crippen LogP contribution < -0.4 is 0 Å². The maximum Gasteiger partial charge on any atom is 0.115 e. The largest absolute Gasteiger partial charge is 0.192 e. The molecule has 38 heavy (non-hydrogen) atoms. The van der Waals surface area contributed by atoms with Gasteiger partial charge < -0.3 is 0 Å². The second-order valence-corrected chi connectivity index (χ2v) is 12.6. The number of nitrogens with zero attached hydrogens (tertiary/aromatic N) is 4. The zero-order valence-electron chi connectivity index (χ0n) is 21.4. The van der Waals surface area contributed by atoms with Crippen LogP contribution in [0.15, 0.2) is 123 Å². The third kappa shape index (κ3) is 10.5. The molecule has 0 fully saturated rings. The Morgan fingerprint density at radius 1 is 0.474 bits per heavy atom. The van der Waals surface area contributed by atoms with Crippen molar-refractivity contribution in [2.75, 3.05) is 0 Å². The molecule has 0 unspecified atom stereocenters. The molecule has 0 spiro atoms. The van der Waals surface area contributed by atoms with Crippen LogP contribution in [0.1, 0.15) is 27.7 Å². The molecule has 0 N–H and O–H groups in total. The summed E-state index contributed by atoms with van der Waals surface area (Å²) in [6, 6.07) is 8.28. The van der Waals surface area contributed by atoms with Crippen molar-refractivity contribution >= 4 is 47.0 Å². The van der Waals surface area contributed by atoms with Gasteiger partial charge >= 0.3 is 0 Å². The Kier molecular flexibility index (Phi) is 13.2. The molecule has 0 radical (unpaired) electrons. The highest BCUT2D eigenvalue weighted by Crippen LogP contribution is 2.49. The first-order valence-electron chi connectivity index (χ1n) is 11.2. The zero-order chi connectivity index (χ0) is 27.9. The predicted molar refractivity (Wildman–Crippen MR) is 165 cm³/mol. The minimum Gasteiger partial charge on any atom is -0.192 e. The Morgan fingerprint density at radius 2 is 0.763 bits per heavy atom. The van der Waals surface area contributed by atoms with Crippen LogP contribution >= 0.6 is 47.0 Å². The van der Waals surface area contributed by atoms with Gasteiger partial charge in [-0.2, -0.15) is 21.0 Å². The van der Waals surface area contributed by atoms with Gasteiger partial charge in [-0.25, -0.2) is 0 Å². The lowest BCUT2D eigenvalue weighted by molar-refractivity contribution is 1.48. The maximum absolute atomic E-state index is 9.08. The van der Waals surface area contributed by atoms with Crippen LogP contribution in [0.3, 0.4) is 0 Å². The van der Waals surface area contributed by atoms with Crippen molar-refractivity contribution in [1.29, 1.82) is 21.0 Å². The number of hydrogen-bond acceptors (Lipinski definition) is 8. The number of rotatable bonds is 8. The Bertz CT molecular complexity index is 1310. The van der Waals surface area contributed by atoms with E-state index in [-0.39, 0.29) is 0 Å². The first-order chi connectivity index (χ1) is 18.3. The van der Waals surface area contributed by atoms with E-state index in [9.17, 15) is 0 Å². The topological polar surface area (TPSA) is 95.2 Å². The van der Waals surface area contributed by atoms with Gasteiger partial charge in [0.1, 0.15) is 43.9 Å². The minimum absolute atomic E-state index is 0.462. The lowest BCUT2D eigenvalue weighted by Gasteiger charge is -1.95. The van der Waals surface area contributed by atoms with Gasteiger partial charge in [0.25, 0.3) is 0 Å². The van der Waals surface area contributed by atoms with Crippen LogP contribution in [0.4, 0.5) is 0 Å². The molecule has 4 nitrogen and oxygen atoms in total. The molecule has 0 saturated carbocycles. The van der Waals surface area contributed by atoms with E-state index in [4.69, 9.17) is 21.0 Å². The Balaban J connectivity index is 1.86. The van der Waals surface area contributed by atoms with E-state index in [1.807, 2.05) is 101 Å². The second kappa shape index (κ2) is 16.4. The average molecular weight is 569 g/mol. The van der Waals surface area contributed by atoms with Crippen molar-refractivity contribution < 1.29 is 0 Å². The van der Waals surface area contributed by atoms with Crippen molar-refractivity contribution in [3.63, 3.8) is 0 Å². The van der Waals surface area contributed by atoms with Gasteiger partial charge in [-0.3, -0.25) is 0 Å². The van der Waals surface area contributed by atoms with E-state index in [1.165, 1.54) is 47.0 Å². The molecule has 0 aromatic carbocycles. The van der Waals surface area contributed by atoms with E-state index < -0.39 is 0 Å². The highest BCUT2D eigenvalue weighted by molar-refractivity contribution is 8.29. The Morgan fingerprint density at radius 3 is 1.05 bits per heavy atom. The van der Waals surface area contributed by atoms with Crippen LogP contribution in [-0.4, -0.2) is 0 Å². The first-order valence-corrected chi connectivity index (χ1v) is 14.5. The fraction of sp³-hybridized carbons (Fsp3) is 0.133. The predicted octanol–water partition coefficient (Wildman–Crippen LogP) is 9.60. The van der Waals surface area contributed by atoms with Gasteiger partial charge in [-0.1, -0.05) is 119 Å².